The fraction of sp³-hybridized carbons (Fsp3) is 0.353. The number of hydrogen-bond acceptors (Lipinski definition) is 2. The predicted octanol–water partition coefficient (Wildman–Crippen LogP) is 6.16. The molecule has 0 fully saturated rings. The molecular formula is C34H40N3O+. The van der Waals surface area contributed by atoms with E-state index in [1.165, 1.54) is 42.5 Å². The van der Waals surface area contributed by atoms with E-state index in [2.05, 4.69) is 99.7 Å². The second-order valence-corrected chi connectivity index (χ2v) is 10.3. The molecule has 1 atom stereocenters. The number of nitrogens with zero attached hydrogens (tertiary/aromatic N) is 2. The summed E-state index contributed by atoms with van der Waals surface area (Å²) in [5.41, 5.74) is 5.53. The summed E-state index contributed by atoms with van der Waals surface area (Å²) in [7, 11) is 4.10. The van der Waals surface area contributed by atoms with Gasteiger partial charge in [-0.25, -0.2) is 4.57 Å². The first-order valence-electron chi connectivity index (χ1n) is 13.9. The van der Waals surface area contributed by atoms with E-state index < -0.39 is 0 Å². The molecule has 1 aromatic heterocycles. The minimum absolute atomic E-state index is 0.00797. The fourth-order valence-electron chi connectivity index (χ4n) is 4.67. The highest BCUT2D eigenvalue weighted by Crippen LogP contribution is 2.19. The van der Waals surface area contributed by atoms with Gasteiger partial charge >= 0.3 is 0 Å². The average molecular weight is 507 g/mol. The van der Waals surface area contributed by atoms with Crippen LogP contribution in [0, 0.1) is 17.8 Å². The van der Waals surface area contributed by atoms with Gasteiger partial charge in [-0.05, 0) is 60.2 Å². The standard InChI is InChI=1S/C34H39N3O/c1-36(2)33-19-15-28(16-20-33)11-12-29-21-25-37(26-22-29)24-8-23-35-34(38)32-17-13-31(14-18-32)27-30-9-6-4-3-5-7-10-30/h11-22,25-26,30H,3-6,8-9,23-24,27H2,1-2H3/p+1/t30-/m0/s1. The Morgan fingerprint density at radius 2 is 1.66 bits per heavy atom. The molecule has 0 spiro atoms. The van der Waals surface area contributed by atoms with Crippen molar-refractivity contribution >= 4 is 23.7 Å². The van der Waals surface area contributed by atoms with E-state index in [1.807, 2.05) is 26.2 Å². The number of amides is 1. The van der Waals surface area contributed by atoms with Crippen molar-refractivity contribution in [1.82, 2.24) is 5.32 Å². The molecule has 4 heteroatoms. The van der Waals surface area contributed by atoms with Gasteiger partial charge in [0, 0.05) is 62.8 Å². The van der Waals surface area contributed by atoms with Gasteiger partial charge in [0.1, 0.15) is 6.54 Å². The van der Waals surface area contributed by atoms with Gasteiger partial charge in [0.15, 0.2) is 12.4 Å². The summed E-state index contributed by atoms with van der Waals surface area (Å²) < 4.78 is 2.16. The van der Waals surface area contributed by atoms with E-state index in [9.17, 15) is 4.79 Å². The van der Waals surface area contributed by atoms with Crippen molar-refractivity contribution in [1.29, 1.82) is 0 Å². The Kier molecular flexibility index (Phi) is 10.2. The second-order valence-electron chi connectivity index (χ2n) is 10.3. The minimum atomic E-state index is -0.00797. The van der Waals surface area contributed by atoms with Crippen molar-refractivity contribution < 1.29 is 9.36 Å². The van der Waals surface area contributed by atoms with Crippen LogP contribution in [-0.2, 0) is 13.0 Å². The SMILES string of the molecule is CN(C)c1ccc(/C=C/c2cc[n+](CCCNC(=O)c3ccc(C[C@@H]4C#CCCCCC4)cc3)cc2)cc1. The van der Waals surface area contributed by atoms with Crippen LogP contribution < -0.4 is 14.8 Å². The van der Waals surface area contributed by atoms with Crippen molar-refractivity contribution in [2.24, 2.45) is 5.92 Å². The van der Waals surface area contributed by atoms with Crippen LogP contribution in [0.4, 0.5) is 5.69 Å². The van der Waals surface area contributed by atoms with Crippen LogP contribution in [0.1, 0.15) is 65.6 Å². The Morgan fingerprint density at radius 3 is 2.37 bits per heavy atom. The zero-order chi connectivity index (χ0) is 26.6. The molecule has 1 heterocycles. The van der Waals surface area contributed by atoms with E-state index >= 15 is 0 Å². The van der Waals surface area contributed by atoms with Gasteiger partial charge in [-0.2, -0.15) is 0 Å². The molecule has 4 rings (SSSR count). The third kappa shape index (κ3) is 8.63. The van der Waals surface area contributed by atoms with E-state index in [1.54, 1.807) is 0 Å². The van der Waals surface area contributed by atoms with Crippen LogP contribution in [0.2, 0.25) is 0 Å². The molecule has 0 aliphatic heterocycles. The maximum absolute atomic E-state index is 12.6. The Morgan fingerprint density at radius 1 is 0.947 bits per heavy atom. The summed E-state index contributed by atoms with van der Waals surface area (Å²) in [6.45, 7) is 1.51. The summed E-state index contributed by atoms with van der Waals surface area (Å²) in [5.74, 6) is 7.20. The maximum Gasteiger partial charge on any atom is 0.251 e. The molecule has 0 unspecified atom stereocenters. The monoisotopic (exact) mass is 506 g/mol. The number of rotatable bonds is 10. The maximum atomic E-state index is 12.6. The van der Waals surface area contributed by atoms with Crippen LogP contribution in [0.25, 0.3) is 12.2 Å². The number of benzene rings is 2. The lowest BCUT2D eigenvalue weighted by Crippen LogP contribution is -2.35. The van der Waals surface area contributed by atoms with Crippen LogP contribution in [0.5, 0.6) is 0 Å². The van der Waals surface area contributed by atoms with Crippen molar-refractivity contribution in [2.45, 2.75) is 51.5 Å². The lowest BCUT2D eigenvalue weighted by Gasteiger charge is -2.13. The molecule has 2 aromatic carbocycles. The minimum Gasteiger partial charge on any atom is -0.378 e. The first-order valence-corrected chi connectivity index (χ1v) is 13.9. The normalized spacial score (nSPS) is 15.3. The third-order valence-electron chi connectivity index (χ3n) is 7.03. The molecule has 0 bridgehead atoms. The number of pyridine rings is 1. The molecule has 1 aliphatic carbocycles. The number of anilines is 1. The molecule has 3 aromatic rings. The van der Waals surface area contributed by atoms with Gasteiger partial charge in [-0.1, -0.05) is 55.2 Å². The second kappa shape index (κ2) is 14.2. The molecule has 1 N–H and O–H groups in total. The van der Waals surface area contributed by atoms with E-state index in [0.29, 0.717) is 12.5 Å². The number of carbonyl (C=O) groups is 1. The molecule has 0 saturated carbocycles. The fourth-order valence-corrected chi connectivity index (χ4v) is 4.67. The zero-order valence-electron chi connectivity index (χ0n) is 22.8. The first-order chi connectivity index (χ1) is 18.6. The Labute approximate surface area is 228 Å². The zero-order valence-corrected chi connectivity index (χ0v) is 22.8. The van der Waals surface area contributed by atoms with Crippen molar-refractivity contribution in [3.63, 3.8) is 0 Å². The van der Waals surface area contributed by atoms with Crippen LogP contribution in [0.15, 0.2) is 73.1 Å². The van der Waals surface area contributed by atoms with Gasteiger partial charge in [0.2, 0.25) is 0 Å². The topological polar surface area (TPSA) is 36.2 Å². The van der Waals surface area contributed by atoms with E-state index in [-0.39, 0.29) is 5.91 Å². The molecule has 0 saturated heterocycles. The lowest BCUT2D eigenvalue weighted by molar-refractivity contribution is -0.697. The summed E-state index contributed by atoms with van der Waals surface area (Å²) in [4.78, 5) is 14.7. The molecule has 0 radical (unpaired) electrons. The highest BCUT2D eigenvalue weighted by molar-refractivity contribution is 5.94. The lowest BCUT2D eigenvalue weighted by atomic mass is 9.92. The molecule has 38 heavy (non-hydrogen) atoms. The van der Waals surface area contributed by atoms with Gasteiger partial charge in [-0.3, -0.25) is 4.79 Å². The third-order valence-corrected chi connectivity index (χ3v) is 7.03. The number of nitrogens with one attached hydrogen (secondary N) is 1. The first kappa shape index (κ1) is 27.2. The molecular weight excluding hydrogens is 466 g/mol. The quantitative estimate of drug-likeness (QED) is 0.203. The van der Waals surface area contributed by atoms with Gasteiger partial charge in [-0.15, -0.1) is 5.92 Å². The highest BCUT2D eigenvalue weighted by atomic mass is 16.1. The van der Waals surface area contributed by atoms with Gasteiger partial charge in [0.05, 0.1) is 0 Å². The van der Waals surface area contributed by atoms with Crippen molar-refractivity contribution in [2.75, 3.05) is 25.5 Å². The number of aromatic nitrogens is 1. The number of hydrogen-bond donors (Lipinski definition) is 1. The summed E-state index contributed by atoms with van der Waals surface area (Å²) >= 11 is 0. The van der Waals surface area contributed by atoms with Gasteiger partial charge < -0.3 is 10.2 Å². The van der Waals surface area contributed by atoms with E-state index in [4.69, 9.17) is 0 Å². The average Bonchev–Trinajstić information content (AvgIpc) is 2.92. The largest absolute Gasteiger partial charge is 0.378 e. The number of carbonyl (C=O) groups excluding carboxylic acids is 1. The summed E-state index contributed by atoms with van der Waals surface area (Å²) in [5, 5.41) is 3.06. The predicted molar refractivity (Wildman–Crippen MR) is 158 cm³/mol. The van der Waals surface area contributed by atoms with Crippen LogP contribution in [-0.4, -0.2) is 26.5 Å². The van der Waals surface area contributed by atoms with Crippen LogP contribution in [0.3, 0.4) is 0 Å². The van der Waals surface area contributed by atoms with Crippen molar-refractivity contribution in [3.05, 3.63) is 95.3 Å². The summed E-state index contributed by atoms with van der Waals surface area (Å²) in [6, 6.07) is 20.8. The Hall–Kier alpha value is -3.84. The van der Waals surface area contributed by atoms with Crippen molar-refractivity contribution in [3.8, 4) is 11.8 Å². The molecule has 196 valence electrons. The van der Waals surface area contributed by atoms with E-state index in [0.717, 1.165) is 36.9 Å². The van der Waals surface area contributed by atoms with Gasteiger partial charge in [0.25, 0.3) is 5.91 Å². The van der Waals surface area contributed by atoms with Crippen LogP contribution >= 0.6 is 0 Å². The molecule has 1 aliphatic rings. The Balaban J connectivity index is 1.18. The highest BCUT2D eigenvalue weighted by Gasteiger charge is 2.10. The summed E-state index contributed by atoms with van der Waals surface area (Å²) in [6.07, 6.45) is 16.3. The molecule has 4 nitrogen and oxygen atoms in total. The Bertz CT molecular complexity index is 1250. The number of aryl methyl sites for hydroxylation is 1. The molecule has 1 amide bonds. The smallest absolute Gasteiger partial charge is 0.251 e.